The van der Waals surface area contributed by atoms with Crippen LogP contribution in [0.3, 0.4) is 0 Å². The van der Waals surface area contributed by atoms with E-state index in [0.717, 1.165) is 22.4 Å². The van der Waals surface area contributed by atoms with E-state index in [2.05, 4.69) is 15.9 Å². The lowest BCUT2D eigenvalue weighted by Crippen LogP contribution is -2.42. The standard InChI is InChI=1S/C15H20BrNO3S/c1-19-7-6-17(11-5-8-21-10-11)15(18)13-9-12(20-2)3-4-14(13)16/h3-4,9,11H,5-8,10H2,1-2H3. The van der Waals surface area contributed by atoms with Gasteiger partial charge in [0, 0.05) is 29.9 Å². The summed E-state index contributed by atoms with van der Waals surface area (Å²) < 4.78 is 11.2. The summed E-state index contributed by atoms with van der Waals surface area (Å²) in [6.45, 7) is 1.17. The van der Waals surface area contributed by atoms with Gasteiger partial charge in [0.1, 0.15) is 5.75 Å². The predicted octanol–water partition coefficient (Wildman–Crippen LogP) is 3.05. The number of amides is 1. The summed E-state index contributed by atoms with van der Waals surface area (Å²) in [5.74, 6) is 2.83. The van der Waals surface area contributed by atoms with E-state index in [-0.39, 0.29) is 11.9 Å². The number of thioether (sulfide) groups is 1. The lowest BCUT2D eigenvalue weighted by Gasteiger charge is -2.29. The Morgan fingerprint density at radius 3 is 2.90 bits per heavy atom. The van der Waals surface area contributed by atoms with Gasteiger partial charge < -0.3 is 14.4 Å². The Balaban J connectivity index is 2.23. The van der Waals surface area contributed by atoms with E-state index in [1.165, 1.54) is 0 Å². The van der Waals surface area contributed by atoms with Crippen molar-refractivity contribution in [2.45, 2.75) is 12.5 Å². The zero-order valence-electron chi connectivity index (χ0n) is 12.3. The van der Waals surface area contributed by atoms with Gasteiger partial charge in [0.15, 0.2) is 0 Å². The van der Waals surface area contributed by atoms with E-state index in [1.54, 1.807) is 20.3 Å². The summed E-state index contributed by atoms with van der Waals surface area (Å²) in [6.07, 6.45) is 1.04. The molecule has 1 atom stereocenters. The second kappa shape index (κ2) is 8.06. The lowest BCUT2D eigenvalue weighted by molar-refractivity contribution is 0.0623. The maximum atomic E-state index is 12.9. The third kappa shape index (κ3) is 4.14. The molecule has 116 valence electrons. The van der Waals surface area contributed by atoms with E-state index in [4.69, 9.17) is 9.47 Å². The summed E-state index contributed by atoms with van der Waals surface area (Å²) in [6, 6.07) is 5.76. The lowest BCUT2D eigenvalue weighted by atomic mass is 10.1. The summed E-state index contributed by atoms with van der Waals surface area (Å²) in [4.78, 5) is 14.8. The van der Waals surface area contributed by atoms with Gasteiger partial charge in [-0.2, -0.15) is 11.8 Å². The molecule has 1 aliphatic heterocycles. The van der Waals surface area contributed by atoms with Crippen LogP contribution in [0.5, 0.6) is 5.75 Å². The van der Waals surface area contributed by atoms with Crippen molar-refractivity contribution < 1.29 is 14.3 Å². The second-order valence-corrected chi connectivity index (χ2v) is 6.86. The Morgan fingerprint density at radius 1 is 1.48 bits per heavy atom. The number of hydrogen-bond donors (Lipinski definition) is 0. The number of methoxy groups -OCH3 is 2. The van der Waals surface area contributed by atoms with Gasteiger partial charge in [-0.3, -0.25) is 4.79 Å². The number of carbonyl (C=O) groups is 1. The molecule has 1 fully saturated rings. The van der Waals surface area contributed by atoms with E-state index in [9.17, 15) is 4.79 Å². The molecule has 0 aromatic heterocycles. The van der Waals surface area contributed by atoms with Crippen LogP contribution >= 0.6 is 27.7 Å². The molecule has 6 heteroatoms. The van der Waals surface area contributed by atoms with E-state index < -0.39 is 0 Å². The Bertz CT molecular complexity index is 492. The SMILES string of the molecule is COCCN(C(=O)c1cc(OC)ccc1Br)C1CCSC1. The van der Waals surface area contributed by atoms with Crippen molar-refractivity contribution in [1.82, 2.24) is 4.90 Å². The highest BCUT2D eigenvalue weighted by molar-refractivity contribution is 9.10. The smallest absolute Gasteiger partial charge is 0.255 e. The number of benzene rings is 1. The van der Waals surface area contributed by atoms with E-state index >= 15 is 0 Å². The number of rotatable bonds is 6. The molecule has 1 aromatic carbocycles. The molecule has 2 rings (SSSR count). The van der Waals surface area contributed by atoms with Crippen molar-refractivity contribution >= 4 is 33.6 Å². The van der Waals surface area contributed by atoms with Crippen molar-refractivity contribution in [3.63, 3.8) is 0 Å². The molecule has 0 spiro atoms. The summed E-state index contributed by atoms with van der Waals surface area (Å²) in [5.41, 5.74) is 0.641. The van der Waals surface area contributed by atoms with Crippen molar-refractivity contribution in [2.24, 2.45) is 0 Å². The second-order valence-electron chi connectivity index (χ2n) is 4.85. The van der Waals surface area contributed by atoms with Crippen molar-refractivity contribution in [1.29, 1.82) is 0 Å². The average molecular weight is 374 g/mol. The quantitative estimate of drug-likeness (QED) is 0.767. The van der Waals surface area contributed by atoms with Crippen LogP contribution < -0.4 is 4.74 Å². The molecular formula is C15H20BrNO3S. The van der Waals surface area contributed by atoms with Crippen LogP contribution in [0.4, 0.5) is 0 Å². The molecule has 1 amide bonds. The van der Waals surface area contributed by atoms with E-state index in [0.29, 0.717) is 24.5 Å². The molecule has 1 unspecified atom stereocenters. The molecule has 0 N–H and O–H groups in total. The number of ether oxygens (including phenoxy) is 2. The van der Waals surface area contributed by atoms with Gasteiger partial charge in [-0.1, -0.05) is 0 Å². The number of nitrogens with zero attached hydrogens (tertiary/aromatic N) is 1. The average Bonchev–Trinajstić information content (AvgIpc) is 3.02. The minimum atomic E-state index is 0.0327. The molecule has 1 heterocycles. The van der Waals surface area contributed by atoms with Crippen LogP contribution in [0.25, 0.3) is 0 Å². The number of hydrogen-bond acceptors (Lipinski definition) is 4. The first-order valence-electron chi connectivity index (χ1n) is 6.88. The maximum absolute atomic E-state index is 12.9. The van der Waals surface area contributed by atoms with Crippen LogP contribution in [0.2, 0.25) is 0 Å². The normalized spacial score (nSPS) is 17.8. The Labute approximate surface area is 138 Å². The van der Waals surface area contributed by atoms with Crippen molar-refractivity contribution in [2.75, 3.05) is 38.9 Å². The maximum Gasteiger partial charge on any atom is 0.255 e. The van der Waals surface area contributed by atoms with Crippen LogP contribution in [-0.4, -0.2) is 55.7 Å². The molecule has 1 aromatic rings. The van der Waals surface area contributed by atoms with Crippen LogP contribution in [0, 0.1) is 0 Å². The van der Waals surface area contributed by atoms with Gasteiger partial charge in [0.25, 0.3) is 5.91 Å². The monoisotopic (exact) mass is 373 g/mol. The third-order valence-corrected chi connectivity index (χ3v) is 5.38. The fourth-order valence-electron chi connectivity index (χ4n) is 2.36. The zero-order chi connectivity index (χ0) is 15.2. The van der Waals surface area contributed by atoms with Gasteiger partial charge >= 0.3 is 0 Å². The minimum Gasteiger partial charge on any atom is -0.497 e. The minimum absolute atomic E-state index is 0.0327. The Kier molecular flexibility index (Phi) is 6.39. The molecule has 21 heavy (non-hydrogen) atoms. The number of carbonyl (C=O) groups excluding carboxylic acids is 1. The summed E-state index contributed by atoms with van der Waals surface area (Å²) >= 11 is 5.36. The molecule has 4 nitrogen and oxygen atoms in total. The number of halogens is 1. The predicted molar refractivity (Wildman–Crippen MR) is 89.3 cm³/mol. The van der Waals surface area contributed by atoms with Crippen LogP contribution in [0.1, 0.15) is 16.8 Å². The zero-order valence-corrected chi connectivity index (χ0v) is 14.7. The fourth-order valence-corrected chi connectivity index (χ4v) is 4.00. The fraction of sp³-hybridized carbons (Fsp3) is 0.533. The molecule has 0 radical (unpaired) electrons. The van der Waals surface area contributed by atoms with Gasteiger partial charge in [-0.25, -0.2) is 0 Å². The van der Waals surface area contributed by atoms with Gasteiger partial charge in [-0.05, 0) is 46.3 Å². The largest absolute Gasteiger partial charge is 0.497 e. The van der Waals surface area contributed by atoms with Crippen LogP contribution in [-0.2, 0) is 4.74 Å². The summed E-state index contributed by atoms with van der Waals surface area (Å²) in [5, 5.41) is 0. The highest BCUT2D eigenvalue weighted by atomic mass is 79.9. The first kappa shape index (κ1) is 16.6. The topological polar surface area (TPSA) is 38.8 Å². The molecule has 0 aliphatic carbocycles. The highest BCUT2D eigenvalue weighted by Crippen LogP contribution is 2.28. The molecule has 1 aliphatic rings. The van der Waals surface area contributed by atoms with Gasteiger partial charge in [0.2, 0.25) is 0 Å². The summed E-state index contributed by atoms with van der Waals surface area (Å²) in [7, 11) is 3.27. The molecule has 0 saturated carbocycles. The van der Waals surface area contributed by atoms with E-state index in [1.807, 2.05) is 28.8 Å². The first-order chi connectivity index (χ1) is 10.2. The Morgan fingerprint density at radius 2 is 2.29 bits per heavy atom. The van der Waals surface area contributed by atoms with Crippen molar-refractivity contribution in [3.05, 3.63) is 28.2 Å². The first-order valence-corrected chi connectivity index (χ1v) is 8.83. The van der Waals surface area contributed by atoms with Crippen LogP contribution in [0.15, 0.2) is 22.7 Å². The third-order valence-electron chi connectivity index (χ3n) is 3.55. The molecular weight excluding hydrogens is 354 g/mol. The van der Waals surface area contributed by atoms with Gasteiger partial charge in [0.05, 0.1) is 19.3 Å². The Hall–Kier alpha value is -0.720. The van der Waals surface area contributed by atoms with Crippen molar-refractivity contribution in [3.8, 4) is 5.75 Å². The molecule has 1 saturated heterocycles. The highest BCUT2D eigenvalue weighted by Gasteiger charge is 2.28. The molecule has 0 bridgehead atoms. The van der Waals surface area contributed by atoms with Gasteiger partial charge in [-0.15, -0.1) is 0 Å².